The van der Waals surface area contributed by atoms with Crippen molar-refractivity contribution in [2.75, 3.05) is 25.6 Å². The fourth-order valence-corrected chi connectivity index (χ4v) is 3.13. The predicted octanol–water partition coefficient (Wildman–Crippen LogP) is 4.79. The molecule has 1 fully saturated rings. The van der Waals surface area contributed by atoms with Gasteiger partial charge in [0.2, 0.25) is 5.95 Å². The molecule has 0 aliphatic carbocycles. The second-order valence-corrected chi connectivity index (χ2v) is 7.40. The molecule has 3 rings (SSSR count). The number of nitriles is 1. The third-order valence-corrected chi connectivity index (χ3v) is 4.94. The molecule has 1 aliphatic rings. The van der Waals surface area contributed by atoms with E-state index in [9.17, 15) is 14.0 Å². The van der Waals surface area contributed by atoms with Gasteiger partial charge in [0.25, 0.3) is 0 Å². The number of halogens is 2. The molecular weight excluding hydrogens is 460 g/mol. The molecule has 1 N–H and O–H groups in total. The lowest BCUT2D eigenvalue weighted by atomic mass is 10.1. The van der Waals surface area contributed by atoms with E-state index in [1.807, 2.05) is 6.07 Å². The van der Waals surface area contributed by atoms with Crippen LogP contribution in [0, 0.1) is 11.3 Å². The Bertz CT molecular complexity index is 1140. The van der Waals surface area contributed by atoms with Crippen LogP contribution in [-0.4, -0.2) is 48.0 Å². The highest BCUT2D eigenvalue weighted by molar-refractivity contribution is 5.63. The van der Waals surface area contributed by atoms with E-state index in [1.54, 1.807) is 19.1 Å². The SMILES string of the molecule is C=C(C#N)/C(=C\C=C(/C)c1ncnc(Nc2ccc(OC(F)F)c(OC)c2)n1)OC1CCOCC1. The van der Waals surface area contributed by atoms with Crippen LogP contribution < -0.4 is 14.8 Å². The summed E-state index contributed by atoms with van der Waals surface area (Å²) >= 11 is 0. The third kappa shape index (κ3) is 7.48. The number of anilines is 2. The van der Waals surface area contributed by atoms with Gasteiger partial charge in [0.15, 0.2) is 17.3 Å². The summed E-state index contributed by atoms with van der Waals surface area (Å²) in [5.41, 5.74) is 1.40. The van der Waals surface area contributed by atoms with E-state index >= 15 is 0 Å². The molecule has 1 aliphatic heterocycles. The standard InChI is InChI=1S/C24H25F2N5O4/c1-15(4-6-19(16(2)13-27)34-18-8-10-33-11-9-18)22-28-14-29-24(31-22)30-17-5-7-20(35-23(25)26)21(12-17)32-3/h4-7,12,14,18,23H,2,8-11H2,1,3H3,(H,28,29,30,31)/b15-4+,19-6+. The molecule has 1 aromatic carbocycles. The van der Waals surface area contributed by atoms with E-state index in [1.165, 1.54) is 31.6 Å². The van der Waals surface area contributed by atoms with Gasteiger partial charge < -0.3 is 24.3 Å². The predicted molar refractivity (Wildman–Crippen MR) is 124 cm³/mol. The average Bonchev–Trinajstić information content (AvgIpc) is 2.87. The van der Waals surface area contributed by atoms with Gasteiger partial charge in [-0.3, -0.25) is 0 Å². The molecule has 0 radical (unpaired) electrons. The summed E-state index contributed by atoms with van der Waals surface area (Å²) in [5.74, 6) is 1.03. The minimum Gasteiger partial charge on any atom is -0.493 e. The molecular formula is C24H25F2N5O4. The van der Waals surface area contributed by atoms with Crippen LogP contribution in [-0.2, 0) is 9.47 Å². The number of hydrogen-bond acceptors (Lipinski definition) is 9. The van der Waals surface area contributed by atoms with Crippen molar-refractivity contribution in [3.8, 4) is 17.6 Å². The number of allylic oxidation sites excluding steroid dienone is 4. The Morgan fingerprint density at radius 2 is 2.03 bits per heavy atom. The van der Waals surface area contributed by atoms with Crippen molar-refractivity contribution >= 4 is 17.2 Å². The molecule has 2 heterocycles. The lowest BCUT2D eigenvalue weighted by molar-refractivity contribution is -0.0512. The Labute approximate surface area is 201 Å². The quantitative estimate of drug-likeness (QED) is 0.288. The monoisotopic (exact) mass is 485 g/mol. The normalized spacial score (nSPS) is 14.9. The fourth-order valence-electron chi connectivity index (χ4n) is 3.13. The molecule has 0 unspecified atom stereocenters. The van der Waals surface area contributed by atoms with Crippen molar-refractivity contribution < 1.29 is 27.7 Å². The van der Waals surface area contributed by atoms with Crippen LogP contribution in [0.3, 0.4) is 0 Å². The van der Waals surface area contributed by atoms with Gasteiger partial charge in [0, 0.05) is 24.6 Å². The summed E-state index contributed by atoms with van der Waals surface area (Å²) in [4.78, 5) is 12.7. The first-order valence-electron chi connectivity index (χ1n) is 10.7. The summed E-state index contributed by atoms with van der Waals surface area (Å²) < 4.78 is 45.9. The second-order valence-electron chi connectivity index (χ2n) is 7.40. The molecule has 184 valence electrons. The smallest absolute Gasteiger partial charge is 0.387 e. The van der Waals surface area contributed by atoms with Gasteiger partial charge in [0.05, 0.1) is 25.9 Å². The Balaban J connectivity index is 1.76. The van der Waals surface area contributed by atoms with Gasteiger partial charge in [-0.05, 0) is 30.7 Å². The number of nitrogens with zero attached hydrogens (tertiary/aromatic N) is 4. The topological polar surface area (TPSA) is 111 Å². The van der Waals surface area contributed by atoms with Gasteiger partial charge in [0.1, 0.15) is 24.3 Å². The third-order valence-electron chi connectivity index (χ3n) is 4.94. The van der Waals surface area contributed by atoms with Crippen LogP contribution in [0.4, 0.5) is 20.4 Å². The zero-order valence-electron chi connectivity index (χ0n) is 19.3. The average molecular weight is 485 g/mol. The fraction of sp³-hybridized carbons (Fsp3) is 0.333. The van der Waals surface area contributed by atoms with Crippen LogP contribution in [0.5, 0.6) is 11.5 Å². The van der Waals surface area contributed by atoms with E-state index in [2.05, 4.69) is 31.6 Å². The number of benzene rings is 1. The van der Waals surface area contributed by atoms with Crippen molar-refractivity contribution in [1.29, 1.82) is 5.26 Å². The molecule has 1 aromatic heterocycles. The van der Waals surface area contributed by atoms with Crippen molar-refractivity contribution in [3.63, 3.8) is 0 Å². The molecule has 0 bridgehead atoms. The van der Waals surface area contributed by atoms with E-state index in [0.29, 0.717) is 36.1 Å². The van der Waals surface area contributed by atoms with Crippen molar-refractivity contribution in [1.82, 2.24) is 15.0 Å². The molecule has 0 atom stereocenters. The number of rotatable bonds is 10. The van der Waals surface area contributed by atoms with Crippen LogP contribution >= 0.6 is 0 Å². The Morgan fingerprint density at radius 1 is 1.26 bits per heavy atom. The lowest BCUT2D eigenvalue weighted by Gasteiger charge is -2.24. The highest BCUT2D eigenvalue weighted by Gasteiger charge is 2.17. The van der Waals surface area contributed by atoms with Crippen molar-refractivity contribution in [2.45, 2.75) is 32.5 Å². The highest BCUT2D eigenvalue weighted by Crippen LogP contribution is 2.32. The van der Waals surface area contributed by atoms with Gasteiger partial charge >= 0.3 is 6.61 Å². The van der Waals surface area contributed by atoms with Crippen LogP contribution in [0.2, 0.25) is 0 Å². The highest BCUT2D eigenvalue weighted by atomic mass is 19.3. The lowest BCUT2D eigenvalue weighted by Crippen LogP contribution is -2.23. The number of alkyl halides is 2. The maximum atomic E-state index is 12.5. The minimum absolute atomic E-state index is 0.0451. The number of aromatic nitrogens is 3. The zero-order valence-corrected chi connectivity index (χ0v) is 19.3. The van der Waals surface area contributed by atoms with E-state index in [-0.39, 0.29) is 29.1 Å². The van der Waals surface area contributed by atoms with Crippen LogP contribution in [0.25, 0.3) is 5.57 Å². The number of ether oxygens (including phenoxy) is 4. The van der Waals surface area contributed by atoms with Crippen molar-refractivity contribution in [2.24, 2.45) is 0 Å². The molecule has 0 saturated carbocycles. The molecule has 11 heteroatoms. The molecule has 0 amide bonds. The summed E-state index contributed by atoms with van der Waals surface area (Å²) in [6.07, 6.45) is 6.17. The summed E-state index contributed by atoms with van der Waals surface area (Å²) in [6, 6.07) is 6.39. The molecule has 9 nitrogen and oxygen atoms in total. The van der Waals surface area contributed by atoms with Crippen LogP contribution in [0.15, 0.2) is 54.6 Å². The Morgan fingerprint density at radius 3 is 2.71 bits per heavy atom. The molecule has 0 spiro atoms. The van der Waals surface area contributed by atoms with Gasteiger partial charge in [-0.1, -0.05) is 12.7 Å². The summed E-state index contributed by atoms with van der Waals surface area (Å²) in [6.45, 7) is 3.82. The largest absolute Gasteiger partial charge is 0.493 e. The molecule has 1 saturated heterocycles. The molecule has 2 aromatic rings. The van der Waals surface area contributed by atoms with Gasteiger partial charge in [-0.25, -0.2) is 9.97 Å². The summed E-state index contributed by atoms with van der Waals surface area (Å²) in [7, 11) is 1.35. The van der Waals surface area contributed by atoms with E-state index < -0.39 is 6.61 Å². The number of hydrogen-bond donors (Lipinski definition) is 1. The van der Waals surface area contributed by atoms with Crippen molar-refractivity contribution in [3.05, 3.63) is 60.4 Å². The summed E-state index contributed by atoms with van der Waals surface area (Å²) in [5, 5.41) is 12.3. The Hall–Kier alpha value is -4.04. The van der Waals surface area contributed by atoms with E-state index in [0.717, 1.165) is 12.8 Å². The Kier molecular flexibility index (Phi) is 9.09. The van der Waals surface area contributed by atoms with Gasteiger partial charge in [-0.15, -0.1) is 0 Å². The second kappa shape index (κ2) is 12.4. The van der Waals surface area contributed by atoms with E-state index in [4.69, 9.17) is 14.2 Å². The first kappa shape index (κ1) is 25.6. The first-order valence-corrected chi connectivity index (χ1v) is 10.7. The maximum absolute atomic E-state index is 12.5. The van der Waals surface area contributed by atoms with Crippen LogP contribution in [0.1, 0.15) is 25.6 Å². The number of methoxy groups -OCH3 is 1. The van der Waals surface area contributed by atoms with Gasteiger partial charge in [-0.2, -0.15) is 19.0 Å². The number of nitrogens with one attached hydrogen (secondary N) is 1. The maximum Gasteiger partial charge on any atom is 0.387 e. The minimum atomic E-state index is -2.97. The first-order chi connectivity index (χ1) is 16.9. The zero-order chi connectivity index (χ0) is 25.2. The molecule has 35 heavy (non-hydrogen) atoms.